The third-order valence-electron chi connectivity index (χ3n) is 5.51. The Balaban J connectivity index is 1.70. The lowest BCUT2D eigenvalue weighted by molar-refractivity contribution is -0.137. The molecule has 1 aromatic heterocycles. The van der Waals surface area contributed by atoms with E-state index in [0.29, 0.717) is 19.6 Å². The van der Waals surface area contributed by atoms with E-state index in [-0.39, 0.29) is 37.4 Å². The third kappa shape index (κ3) is 4.71. The number of piperidine rings is 2. The molecule has 2 saturated heterocycles. The van der Waals surface area contributed by atoms with Gasteiger partial charge >= 0.3 is 6.18 Å². The number of rotatable bonds is 4. The van der Waals surface area contributed by atoms with Crippen molar-refractivity contribution < 1.29 is 28.5 Å². The highest BCUT2D eigenvalue weighted by Crippen LogP contribution is 2.36. The number of anilines is 1. The molecule has 0 aromatic carbocycles. The minimum atomic E-state index is -4.45. The van der Waals surface area contributed by atoms with Crippen LogP contribution in [-0.2, 0) is 6.18 Å². The average molecular weight is 389 g/mol. The second-order valence-electron chi connectivity index (χ2n) is 7.49. The molecule has 1 aromatic rings. The number of alkyl halides is 3. The Morgan fingerprint density at radius 1 is 1.19 bits per heavy atom. The summed E-state index contributed by atoms with van der Waals surface area (Å²) in [5.74, 6) is 0.0563. The van der Waals surface area contributed by atoms with Crippen molar-refractivity contribution in [1.82, 2.24) is 9.88 Å². The van der Waals surface area contributed by atoms with Gasteiger partial charge in [-0.2, -0.15) is 13.2 Å². The molecule has 0 radical (unpaired) electrons. The first kappa shape index (κ1) is 20.3. The van der Waals surface area contributed by atoms with E-state index in [1.165, 1.54) is 12.3 Å². The molecule has 9 heteroatoms. The monoisotopic (exact) mass is 389 g/mol. The lowest BCUT2D eigenvalue weighted by Gasteiger charge is -2.43. The maximum Gasteiger partial charge on any atom is 0.419 e. The van der Waals surface area contributed by atoms with Gasteiger partial charge in [-0.25, -0.2) is 4.98 Å². The molecule has 3 N–H and O–H groups in total. The van der Waals surface area contributed by atoms with Crippen LogP contribution >= 0.6 is 0 Å². The number of aliphatic hydroxyl groups is 3. The number of β-amino-alcohol motifs (C(OH)–C–C–N with tert-alkyl or cyclic N) is 1. The van der Waals surface area contributed by atoms with Crippen LogP contribution in [0.25, 0.3) is 0 Å². The molecular weight excluding hydrogens is 363 g/mol. The summed E-state index contributed by atoms with van der Waals surface area (Å²) in [6, 6.07) is 2.09. The number of aromatic nitrogens is 1. The molecule has 3 rings (SSSR count). The van der Waals surface area contributed by atoms with Crippen LogP contribution in [0.15, 0.2) is 18.3 Å². The molecule has 0 aliphatic carbocycles. The molecule has 0 amide bonds. The van der Waals surface area contributed by atoms with Crippen molar-refractivity contribution in [3.8, 4) is 0 Å². The third-order valence-corrected chi connectivity index (χ3v) is 5.51. The van der Waals surface area contributed by atoms with Gasteiger partial charge in [0.15, 0.2) is 0 Å². The van der Waals surface area contributed by atoms with Crippen molar-refractivity contribution in [2.24, 2.45) is 5.92 Å². The molecule has 6 nitrogen and oxygen atoms in total. The summed E-state index contributed by atoms with van der Waals surface area (Å²) in [5, 5.41) is 29.3. The SMILES string of the molecule is OC[C@H]1CC(O)[C@@H](O)CN1CC1CCCN(c2ncccc2C(F)(F)F)C1. The van der Waals surface area contributed by atoms with Crippen LogP contribution in [0.3, 0.4) is 0 Å². The predicted octanol–water partition coefficient (Wildman–Crippen LogP) is 1.11. The van der Waals surface area contributed by atoms with Gasteiger partial charge in [0.05, 0.1) is 24.4 Å². The van der Waals surface area contributed by atoms with Crippen molar-refractivity contribution in [2.45, 2.75) is 43.7 Å². The van der Waals surface area contributed by atoms with Crippen LogP contribution in [-0.4, -0.2) is 76.2 Å². The van der Waals surface area contributed by atoms with Crippen molar-refractivity contribution in [3.63, 3.8) is 0 Å². The van der Waals surface area contributed by atoms with Crippen LogP contribution in [0.5, 0.6) is 0 Å². The van der Waals surface area contributed by atoms with E-state index >= 15 is 0 Å². The van der Waals surface area contributed by atoms with Crippen molar-refractivity contribution in [2.75, 3.05) is 37.7 Å². The van der Waals surface area contributed by atoms with Gasteiger partial charge in [-0.15, -0.1) is 0 Å². The Hall–Kier alpha value is -1.42. The molecule has 4 atom stereocenters. The topological polar surface area (TPSA) is 80.1 Å². The maximum atomic E-state index is 13.3. The quantitative estimate of drug-likeness (QED) is 0.716. The number of hydrogen-bond donors (Lipinski definition) is 3. The number of aliphatic hydroxyl groups excluding tert-OH is 3. The average Bonchev–Trinajstić information content (AvgIpc) is 2.64. The van der Waals surface area contributed by atoms with Gasteiger partial charge in [-0.3, -0.25) is 4.90 Å². The number of nitrogens with zero attached hydrogens (tertiary/aromatic N) is 3. The highest BCUT2D eigenvalue weighted by molar-refractivity contribution is 5.48. The smallest absolute Gasteiger partial charge is 0.395 e. The molecule has 0 saturated carbocycles. The van der Waals surface area contributed by atoms with Gasteiger partial charge in [0.2, 0.25) is 0 Å². The zero-order chi connectivity index (χ0) is 19.6. The van der Waals surface area contributed by atoms with E-state index in [1.54, 1.807) is 4.90 Å². The molecule has 27 heavy (non-hydrogen) atoms. The Labute approximate surface area is 156 Å². The summed E-state index contributed by atoms with van der Waals surface area (Å²) in [5.41, 5.74) is -0.726. The Bertz CT molecular complexity index is 631. The van der Waals surface area contributed by atoms with E-state index in [1.807, 2.05) is 4.90 Å². The lowest BCUT2D eigenvalue weighted by atomic mass is 9.92. The van der Waals surface area contributed by atoms with Crippen LogP contribution in [0.1, 0.15) is 24.8 Å². The molecule has 2 fully saturated rings. The van der Waals surface area contributed by atoms with Gasteiger partial charge in [0.1, 0.15) is 5.82 Å². The highest BCUT2D eigenvalue weighted by Gasteiger charge is 2.38. The fraction of sp³-hybridized carbons (Fsp3) is 0.722. The summed E-state index contributed by atoms with van der Waals surface area (Å²) >= 11 is 0. The first-order chi connectivity index (χ1) is 12.8. The van der Waals surface area contributed by atoms with E-state index in [2.05, 4.69) is 4.98 Å². The predicted molar refractivity (Wildman–Crippen MR) is 93.3 cm³/mol. The van der Waals surface area contributed by atoms with Crippen molar-refractivity contribution >= 4 is 5.82 Å². The van der Waals surface area contributed by atoms with Gasteiger partial charge < -0.3 is 20.2 Å². The second kappa shape index (κ2) is 8.30. The minimum absolute atomic E-state index is 0.0393. The summed E-state index contributed by atoms with van der Waals surface area (Å²) in [6.07, 6.45) is -2.92. The summed E-state index contributed by atoms with van der Waals surface area (Å²) in [7, 11) is 0. The van der Waals surface area contributed by atoms with Crippen LogP contribution in [0.2, 0.25) is 0 Å². The Morgan fingerprint density at radius 3 is 2.67 bits per heavy atom. The number of likely N-dealkylation sites (tertiary alicyclic amines) is 1. The maximum absolute atomic E-state index is 13.3. The molecule has 2 aliphatic heterocycles. The number of halogens is 3. The van der Waals surface area contributed by atoms with E-state index in [4.69, 9.17) is 0 Å². The standard InChI is InChI=1S/C18H26F3N3O3/c19-18(20,21)14-4-1-5-22-17(14)23-6-2-3-12(8-23)9-24-10-16(27)15(26)7-13(24)11-25/h1,4-5,12-13,15-16,25-27H,2-3,6-11H2/t12?,13-,15?,16+/m1/s1. The van der Waals surface area contributed by atoms with Gasteiger partial charge in [0, 0.05) is 38.4 Å². The van der Waals surface area contributed by atoms with Crippen molar-refractivity contribution in [1.29, 1.82) is 0 Å². The summed E-state index contributed by atoms with van der Waals surface area (Å²) in [4.78, 5) is 7.60. The lowest BCUT2D eigenvalue weighted by Crippen LogP contribution is -2.55. The fourth-order valence-electron chi connectivity index (χ4n) is 4.12. The van der Waals surface area contributed by atoms with Gasteiger partial charge in [0.25, 0.3) is 0 Å². The van der Waals surface area contributed by atoms with Crippen LogP contribution < -0.4 is 4.90 Å². The van der Waals surface area contributed by atoms with E-state index in [9.17, 15) is 28.5 Å². The highest BCUT2D eigenvalue weighted by atomic mass is 19.4. The number of hydrogen-bond acceptors (Lipinski definition) is 6. The zero-order valence-corrected chi connectivity index (χ0v) is 15.0. The largest absolute Gasteiger partial charge is 0.419 e. The normalized spacial score (nSPS) is 30.5. The summed E-state index contributed by atoms with van der Waals surface area (Å²) in [6.45, 7) is 1.63. The fourth-order valence-corrected chi connectivity index (χ4v) is 4.12. The van der Waals surface area contributed by atoms with Crippen molar-refractivity contribution in [3.05, 3.63) is 23.9 Å². The first-order valence-electron chi connectivity index (χ1n) is 9.27. The minimum Gasteiger partial charge on any atom is -0.395 e. The molecule has 0 spiro atoms. The first-order valence-corrected chi connectivity index (χ1v) is 9.27. The van der Waals surface area contributed by atoms with Gasteiger partial charge in [-0.1, -0.05) is 0 Å². The van der Waals surface area contributed by atoms with Crippen LogP contribution in [0, 0.1) is 5.92 Å². The zero-order valence-electron chi connectivity index (χ0n) is 15.0. The summed E-state index contributed by atoms with van der Waals surface area (Å²) < 4.78 is 39.9. The molecule has 152 valence electrons. The molecule has 0 bridgehead atoms. The molecule has 2 unspecified atom stereocenters. The molecule has 2 aliphatic rings. The Kier molecular flexibility index (Phi) is 6.25. The van der Waals surface area contributed by atoms with Gasteiger partial charge in [-0.05, 0) is 37.3 Å². The van der Waals surface area contributed by atoms with Crippen LogP contribution in [0.4, 0.5) is 19.0 Å². The molecular formula is C18H26F3N3O3. The Morgan fingerprint density at radius 2 is 1.96 bits per heavy atom. The molecule has 3 heterocycles. The number of pyridine rings is 1. The second-order valence-corrected chi connectivity index (χ2v) is 7.49. The van der Waals surface area contributed by atoms with E-state index < -0.39 is 23.9 Å². The van der Waals surface area contributed by atoms with E-state index in [0.717, 1.165) is 18.9 Å².